The lowest BCUT2D eigenvalue weighted by molar-refractivity contribution is -0.384. The van der Waals surface area contributed by atoms with Crippen LogP contribution in [0.15, 0.2) is 18.2 Å². The first-order chi connectivity index (χ1) is 9.51. The largest absolute Gasteiger partial charge is 0.478 e. The minimum atomic E-state index is -1.23. The van der Waals surface area contributed by atoms with Gasteiger partial charge in [-0.3, -0.25) is 10.1 Å². The molecule has 2 N–H and O–H groups in total. The monoisotopic (exact) mass is 284 g/mol. The maximum Gasteiger partial charge on any atom is 0.335 e. The highest BCUT2D eigenvalue weighted by Gasteiger charge is 2.21. The molecule has 0 saturated carbocycles. The zero-order valence-electron chi connectivity index (χ0n) is 11.0. The van der Waals surface area contributed by atoms with E-state index in [0.29, 0.717) is 13.2 Å². The summed E-state index contributed by atoms with van der Waals surface area (Å²) < 4.78 is 4.92. The van der Waals surface area contributed by atoms with E-state index in [1.165, 1.54) is 19.2 Å². The molecule has 0 aromatic heterocycles. The summed E-state index contributed by atoms with van der Waals surface area (Å²) >= 11 is 0. The Morgan fingerprint density at radius 2 is 2.15 bits per heavy atom. The van der Waals surface area contributed by atoms with Crippen LogP contribution in [0.3, 0.4) is 0 Å². The molecule has 20 heavy (non-hydrogen) atoms. The van der Waals surface area contributed by atoms with Crippen LogP contribution in [0.5, 0.6) is 0 Å². The van der Waals surface area contributed by atoms with Gasteiger partial charge in [-0.1, -0.05) is 0 Å². The summed E-state index contributed by atoms with van der Waals surface area (Å²) in [5.41, 5.74) is -0.211. The summed E-state index contributed by atoms with van der Waals surface area (Å²) in [7, 11) is 1.50. The minimum absolute atomic E-state index is 0.156. The number of benzene rings is 1. The van der Waals surface area contributed by atoms with Gasteiger partial charge < -0.3 is 19.8 Å². The number of hydrogen-bond donors (Lipinski definition) is 2. The lowest BCUT2D eigenvalue weighted by Crippen LogP contribution is -2.30. The molecule has 0 unspecified atom stereocenters. The molecule has 1 aromatic rings. The van der Waals surface area contributed by atoms with Crippen LogP contribution >= 0.6 is 0 Å². The Hall–Kier alpha value is -2.19. The van der Waals surface area contributed by atoms with Crippen molar-refractivity contribution in [1.82, 2.24) is 0 Å². The summed E-state index contributed by atoms with van der Waals surface area (Å²) in [6.45, 7) is 0.695. The summed E-state index contributed by atoms with van der Waals surface area (Å²) in [5, 5.41) is 29.0. The van der Waals surface area contributed by atoms with Crippen LogP contribution in [-0.4, -0.2) is 54.5 Å². The molecule has 0 heterocycles. The van der Waals surface area contributed by atoms with Gasteiger partial charge in [-0.2, -0.15) is 0 Å². The van der Waals surface area contributed by atoms with Gasteiger partial charge >= 0.3 is 5.97 Å². The molecule has 110 valence electrons. The average molecular weight is 284 g/mol. The number of carbonyl (C=O) groups is 1. The zero-order chi connectivity index (χ0) is 15.1. The number of ether oxygens (including phenoxy) is 1. The van der Waals surface area contributed by atoms with Gasteiger partial charge in [-0.25, -0.2) is 4.79 Å². The van der Waals surface area contributed by atoms with Crippen molar-refractivity contribution in [2.45, 2.75) is 0 Å². The molecule has 1 rings (SSSR count). The number of anilines is 1. The van der Waals surface area contributed by atoms with Crippen LogP contribution in [-0.2, 0) is 4.74 Å². The fourth-order valence-corrected chi connectivity index (χ4v) is 1.75. The Kier molecular flexibility index (Phi) is 5.88. The fraction of sp³-hybridized carbons (Fsp3) is 0.417. The summed E-state index contributed by atoms with van der Waals surface area (Å²) in [6, 6.07) is 3.67. The molecule has 1 aromatic carbocycles. The van der Waals surface area contributed by atoms with Crippen LogP contribution in [0.4, 0.5) is 11.4 Å². The van der Waals surface area contributed by atoms with Gasteiger partial charge in [0.1, 0.15) is 5.69 Å². The fourth-order valence-electron chi connectivity index (χ4n) is 1.75. The number of aromatic carboxylic acids is 1. The van der Waals surface area contributed by atoms with E-state index in [-0.39, 0.29) is 30.1 Å². The van der Waals surface area contributed by atoms with E-state index in [4.69, 9.17) is 14.9 Å². The number of nitro groups is 1. The smallest absolute Gasteiger partial charge is 0.335 e. The van der Waals surface area contributed by atoms with Crippen molar-refractivity contribution >= 4 is 17.3 Å². The van der Waals surface area contributed by atoms with Crippen LogP contribution in [0.1, 0.15) is 10.4 Å². The lowest BCUT2D eigenvalue weighted by Gasteiger charge is -2.23. The SMILES string of the molecule is COCCN(CCO)c1ccc(C(=O)O)cc1[N+](=O)[O-]. The predicted molar refractivity (Wildman–Crippen MR) is 71.2 cm³/mol. The molecular weight excluding hydrogens is 268 g/mol. The standard InChI is InChI=1S/C12H16N2O6/c1-20-7-5-13(4-6-15)10-3-2-9(12(16)17)8-11(10)14(18)19/h2-3,8,15H,4-7H2,1H3,(H,16,17). The number of carboxylic acids is 1. The van der Waals surface area contributed by atoms with Crippen LogP contribution < -0.4 is 4.90 Å². The lowest BCUT2D eigenvalue weighted by atomic mass is 10.1. The molecule has 0 aliphatic rings. The first-order valence-corrected chi connectivity index (χ1v) is 5.87. The molecule has 0 aliphatic heterocycles. The number of nitrogens with zero attached hydrogens (tertiary/aromatic N) is 2. The van der Waals surface area contributed by atoms with E-state index < -0.39 is 10.9 Å². The Balaban J connectivity index is 3.18. The highest BCUT2D eigenvalue weighted by Crippen LogP contribution is 2.29. The highest BCUT2D eigenvalue weighted by atomic mass is 16.6. The molecule has 0 radical (unpaired) electrons. The van der Waals surface area contributed by atoms with Crippen LogP contribution in [0, 0.1) is 10.1 Å². The van der Waals surface area contributed by atoms with Gasteiger partial charge in [0.15, 0.2) is 0 Å². The minimum Gasteiger partial charge on any atom is -0.478 e. The third-order valence-electron chi connectivity index (χ3n) is 2.69. The van der Waals surface area contributed by atoms with E-state index in [2.05, 4.69) is 0 Å². The molecule has 0 saturated heterocycles. The van der Waals surface area contributed by atoms with E-state index >= 15 is 0 Å². The van der Waals surface area contributed by atoms with Crippen molar-refractivity contribution in [2.75, 3.05) is 38.3 Å². The number of nitro benzene ring substituents is 1. The second-order valence-corrected chi connectivity index (χ2v) is 3.97. The van der Waals surface area contributed by atoms with Crippen molar-refractivity contribution < 1.29 is 24.7 Å². The molecule has 0 fully saturated rings. The van der Waals surface area contributed by atoms with Gasteiger partial charge in [-0.15, -0.1) is 0 Å². The quantitative estimate of drug-likeness (QED) is 0.534. The number of rotatable bonds is 8. The van der Waals surface area contributed by atoms with Crippen molar-refractivity contribution in [3.05, 3.63) is 33.9 Å². The Bertz CT molecular complexity index is 491. The van der Waals surface area contributed by atoms with Gasteiger partial charge in [0.2, 0.25) is 0 Å². The topological polar surface area (TPSA) is 113 Å². The van der Waals surface area contributed by atoms with Gasteiger partial charge in [0.25, 0.3) is 5.69 Å². The molecule has 0 aliphatic carbocycles. The highest BCUT2D eigenvalue weighted by molar-refractivity contribution is 5.89. The predicted octanol–water partition coefficient (Wildman–Crippen LogP) is 0.738. The van der Waals surface area contributed by atoms with E-state index in [1.807, 2.05) is 0 Å². The molecular formula is C12H16N2O6. The molecule has 0 amide bonds. The number of carboxylic acid groups (broad SMARTS) is 1. The third kappa shape index (κ3) is 3.90. The molecule has 0 atom stereocenters. The van der Waals surface area contributed by atoms with E-state index in [0.717, 1.165) is 6.07 Å². The first-order valence-electron chi connectivity index (χ1n) is 5.87. The van der Waals surface area contributed by atoms with Crippen molar-refractivity contribution in [3.8, 4) is 0 Å². The number of hydrogen-bond acceptors (Lipinski definition) is 6. The second kappa shape index (κ2) is 7.41. The van der Waals surface area contributed by atoms with Crippen molar-refractivity contribution in [1.29, 1.82) is 0 Å². The molecule has 8 heteroatoms. The van der Waals surface area contributed by atoms with E-state index in [1.54, 1.807) is 4.90 Å². The molecule has 0 spiro atoms. The number of aliphatic hydroxyl groups is 1. The summed E-state index contributed by atoms with van der Waals surface area (Å²) in [6.07, 6.45) is 0. The normalized spacial score (nSPS) is 10.3. The van der Waals surface area contributed by atoms with Crippen LogP contribution in [0.2, 0.25) is 0 Å². The van der Waals surface area contributed by atoms with Gasteiger partial charge in [-0.05, 0) is 12.1 Å². The zero-order valence-corrected chi connectivity index (χ0v) is 11.0. The average Bonchev–Trinajstić information content (AvgIpc) is 2.42. The Labute approximate surface area is 115 Å². The second-order valence-electron chi connectivity index (χ2n) is 3.97. The maximum absolute atomic E-state index is 11.1. The van der Waals surface area contributed by atoms with E-state index in [9.17, 15) is 14.9 Å². The van der Waals surface area contributed by atoms with Gasteiger partial charge in [0.05, 0.1) is 23.7 Å². The number of aliphatic hydroxyl groups excluding tert-OH is 1. The third-order valence-corrected chi connectivity index (χ3v) is 2.69. The van der Waals surface area contributed by atoms with Crippen molar-refractivity contribution in [3.63, 3.8) is 0 Å². The summed E-state index contributed by atoms with van der Waals surface area (Å²) in [4.78, 5) is 22.9. The summed E-state index contributed by atoms with van der Waals surface area (Å²) in [5.74, 6) is -1.23. The molecule has 8 nitrogen and oxygen atoms in total. The van der Waals surface area contributed by atoms with Crippen LogP contribution in [0.25, 0.3) is 0 Å². The van der Waals surface area contributed by atoms with Gasteiger partial charge in [0, 0.05) is 26.3 Å². The Morgan fingerprint density at radius 1 is 1.45 bits per heavy atom. The maximum atomic E-state index is 11.1. The number of methoxy groups -OCH3 is 1. The molecule has 0 bridgehead atoms. The Morgan fingerprint density at radius 3 is 2.65 bits per heavy atom. The van der Waals surface area contributed by atoms with Crippen molar-refractivity contribution in [2.24, 2.45) is 0 Å². The first kappa shape index (κ1) is 15.9.